The van der Waals surface area contributed by atoms with Gasteiger partial charge in [-0.05, 0) is 48.2 Å². The average Bonchev–Trinajstić information content (AvgIpc) is 3.69. The van der Waals surface area contributed by atoms with E-state index in [-0.39, 0.29) is 24.4 Å². The third-order valence-electron chi connectivity index (χ3n) is 6.34. The maximum absolute atomic E-state index is 13.3. The molecule has 0 radical (unpaired) electrons. The van der Waals surface area contributed by atoms with E-state index in [1.807, 2.05) is 6.07 Å². The molecule has 6 N–H and O–H groups in total. The largest absolute Gasteiger partial charge is 0.508 e. The molecule has 204 valence electrons. The second-order valence-electron chi connectivity index (χ2n) is 9.43. The van der Waals surface area contributed by atoms with E-state index in [9.17, 15) is 34.2 Å². The topological polar surface area (TPSA) is 176 Å². The van der Waals surface area contributed by atoms with Crippen molar-refractivity contribution in [3.05, 3.63) is 57.6 Å². The molecule has 0 aromatic heterocycles. The van der Waals surface area contributed by atoms with Gasteiger partial charge in [0.1, 0.15) is 11.9 Å². The minimum absolute atomic E-state index is 0.0140. The molecule has 13 heteroatoms. The van der Waals surface area contributed by atoms with Crippen LogP contribution in [0.4, 0.5) is 10.1 Å². The molecule has 2 aromatic carbocycles. The Hall–Kier alpha value is -4.18. The lowest BCUT2D eigenvalue weighted by atomic mass is 9.93. The molecule has 1 fully saturated rings. The summed E-state index contributed by atoms with van der Waals surface area (Å²) in [6, 6.07) is 10.6. The molecular weight excluding hydrogens is 575 g/mol. The van der Waals surface area contributed by atoms with E-state index >= 15 is 0 Å². The van der Waals surface area contributed by atoms with Crippen LogP contribution in [0.25, 0.3) is 0 Å². The number of aromatic hydroxyl groups is 1. The number of rotatable bonds is 9. The molecule has 0 bridgehead atoms. The number of aliphatic carboxylic acids is 1. The van der Waals surface area contributed by atoms with E-state index in [4.69, 9.17) is 0 Å². The number of carbonyl (C=O) groups excluding carboxylic acids is 2. The van der Waals surface area contributed by atoms with Crippen molar-refractivity contribution in [2.24, 2.45) is 4.99 Å². The van der Waals surface area contributed by atoms with Gasteiger partial charge in [-0.2, -0.15) is 5.26 Å². The molecule has 1 heterocycles. The molecule has 0 spiro atoms. The van der Waals surface area contributed by atoms with Crippen LogP contribution in [-0.2, 0) is 15.0 Å². The number of phenolic OH excluding ortho intramolecular Hbond substituents is 1. The normalized spacial score (nSPS) is 18.0. The smallest absolute Gasteiger partial charge is 0.305 e. The number of phenols is 1. The van der Waals surface area contributed by atoms with Crippen LogP contribution in [0.5, 0.6) is 5.75 Å². The molecule has 1 unspecified atom stereocenters. The number of halogens is 2. The molecule has 2 amide bonds. The van der Waals surface area contributed by atoms with Crippen molar-refractivity contribution < 1.29 is 29.0 Å². The second kappa shape index (κ2) is 11.7. The number of benzene rings is 2. The maximum atomic E-state index is 13.3. The fraction of sp³-hybridized carbons (Fsp3) is 0.346. The predicted octanol–water partition coefficient (Wildman–Crippen LogP) is 2.48. The Morgan fingerprint density at radius 1 is 1.23 bits per heavy atom. The molecule has 0 saturated heterocycles. The van der Waals surface area contributed by atoms with Crippen LogP contribution in [0.15, 0.2) is 45.9 Å². The zero-order valence-electron chi connectivity index (χ0n) is 20.6. The summed E-state index contributed by atoms with van der Waals surface area (Å²) in [6.07, 6.45) is -0.0926. The zero-order valence-corrected chi connectivity index (χ0v) is 22.2. The number of alkyl halides is 1. The highest BCUT2D eigenvalue weighted by Crippen LogP contribution is 2.48. The van der Waals surface area contributed by atoms with Crippen molar-refractivity contribution in [2.75, 3.05) is 25.0 Å². The van der Waals surface area contributed by atoms with Crippen LogP contribution in [0.3, 0.4) is 0 Å². The van der Waals surface area contributed by atoms with Gasteiger partial charge in [0.05, 0.1) is 43.6 Å². The van der Waals surface area contributed by atoms with Crippen LogP contribution < -0.4 is 21.3 Å². The molecule has 1 aliphatic heterocycles. The molecule has 2 aromatic rings. The quantitative estimate of drug-likeness (QED) is 0.254. The van der Waals surface area contributed by atoms with Crippen LogP contribution >= 0.6 is 15.9 Å². The monoisotopic (exact) mass is 600 g/mol. The van der Waals surface area contributed by atoms with Gasteiger partial charge >= 0.3 is 5.97 Å². The fourth-order valence-electron chi connectivity index (χ4n) is 4.17. The van der Waals surface area contributed by atoms with Gasteiger partial charge < -0.3 is 31.5 Å². The molecule has 1 aliphatic carbocycles. The number of nitriles is 1. The molecule has 4 rings (SSSR count). The number of hydrogen-bond donors (Lipinski definition) is 6. The number of amides is 2. The highest BCUT2D eigenvalue weighted by Gasteiger charge is 2.45. The zero-order chi connectivity index (χ0) is 28.2. The SMILES string of the molecule is N#CC1(c2cc(Br)cc([C@H](CC(=O)O)NC(=O)CNC(=O)c3cc(O)cc(NC4=NCC(F)CN4)c3)c2)CC1. The minimum Gasteiger partial charge on any atom is -0.508 e. The molecular formula is C26H26BrFN6O5. The molecule has 2 atom stereocenters. The first-order valence-electron chi connectivity index (χ1n) is 12.1. The van der Waals surface area contributed by atoms with E-state index in [0.717, 1.165) is 5.56 Å². The van der Waals surface area contributed by atoms with Gasteiger partial charge in [0, 0.05) is 21.8 Å². The van der Waals surface area contributed by atoms with Crippen molar-refractivity contribution in [3.8, 4) is 11.8 Å². The lowest BCUT2D eigenvalue weighted by Crippen LogP contribution is -2.41. The van der Waals surface area contributed by atoms with Gasteiger partial charge in [-0.3, -0.25) is 14.4 Å². The van der Waals surface area contributed by atoms with E-state index in [0.29, 0.717) is 34.5 Å². The fourth-order valence-corrected chi connectivity index (χ4v) is 4.68. The van der Waals surface area contributed by atoms with E-state index < -0.39 is 48.4 Å². The summed E-state index contributed by atoms with van der Waals surface area (Å²) < 4.78 is 13.9. The summed E-state index contributed by atoms with van der Waals surface area (Å²) in [4.78, 5) is 40.9. The van der Waals surface area contributed by atoms with Crippen molar-refractivity contribution in [2.45, 2.75) is 36.9 Å². The highest BCUT2D eigenvalue weighted by molar-refractivity contribution is 9.10. The lowest BCUT2D eigenvalue weighted by Gasteiger charge is -2.20. The highest BCUT2D eigenvalue weighted by atomic mass is 79.9. The number of nitrogens with zero attached hydrogens (tertiary/aromatic N) is 2. The van der Waals surface area contributed by atoms with Gasteiger partial charge in [-0.15, -0.1) is 0 Å². The standard InChI is InChI=1S/C26H26BrFN6O5/c27-17-4-14(3-16(7-17)26(13-29)1-2-26)21(9-23(37)38)34-22(36)12-30-24(39)15-5-19(8-20(35)6-15)33-25-31-10-18(28)11-32-25/h3-8,18,21,35H,1-2,9-12H2,(H,30,39)(H,34,36)(H,37,38)(H2,31,32,33)/t21-/m0/s1. The van der Waals surface area contributed by atoms with Crippen LogP contribution in [0.2, 0.25) is 0 Å². The first-order chi connectivity index (χ1) is 18.6. The third kappa shape index (κ3) is 7.23. The Morgan fingerprint density at radius 2 is 2.00 bits per heavy atom. The Labute approximate surface area is 231 Å². The first kappa shape index (κ1) is 27.8. The van der Waals surface area contributed by atoms with Gasteiger partial charge in [-0.1, -0.05) is 22.0 Å². The molecule has 39 heavy (non-hydrogen) atoms. The van der Waals surface area contributed by atoms with Crippen molar-refractivity contribution in [1.29, 1.82) is 5.26 Å². The number of hydrogen-bond acceptors (Lipinski definition) is 8. The number of guanidine groups is 1. The van der Waals surface area contributed by atoms with Crippen LogP contribution in [0.1, 0.15) is 46.8 Å². The summed E-state index contributed by atoms with van der Waals surface area (Å²) >= 11 is 3.40. The third-order valence-corrected chi connectivity index (χ3v) is 6.80. The lowest BCUT2D eigenvalue weighted by molar-refractivity contribution is -0.137. The first-order valence-corrected chi connectivity index (χ1v) is 12.9. The van der Waals surface area contributed by atoms with Gasteiger partial charge in [0.2, 0.25) is 5.91 Å². The number of anilines is 1. The average molecular weight is 601 g/mol. The van der Waals surface area contributed by atoms with E-state index in [1.165, 1.54) is 18.2 Å². The van der Waals surface area contributed by atoms with Crippen molar-refractivity contribution in [1.82, 2.24) is 16.0 Å². The number of aliphatic imine (C=N–C) groups is 1. The Balaban J connectivity index is 1.41. The summed E-state index contributed by atoms with van der Waals surface area (Å²) in [5.74, 6) is -2.34. The number of nitrogens with one attached hydrogen (secondary N) is 4. The van der Waals surface area contributed by atoms with E-state index in [2.05, 4.69) is 48.3 Å². The van der Waals surface area contributed by atoms with E-state index in [1.54, 1.807) is 12.1 Å². The van der Waals surface area contributed by atoms with Gasteiger partial charge in [0.25, 0.3) is 5.91 Å². The Morgan fingerprint density at radius 3 is 2.64 bits per heavy atom. The summed E-state index contributed by atoms with van der Waals surface area (Å²) in [7, 11) is 0. The van der Waals surface area contributed by atoms with Crippen molar-refractivity contribution in [3.63, 3.8) is 0 Å². The molecule has 11 nitrogen and oxygen atoms in total. The summed E-state index contributed by atoms with van der Waals surface area (Å²) in [6.45, 7) is -0.390. The van der Waals surface area contributed by atoms with Crippen LogP contribution in [0, 0.1) is 11.3 Å². The second-order valence-corrected chi connectivity index (χ2v) is 10.3. The Kier molecular flexibility index (Phi) is 8.35. The maximum Gasteiger partial charge on any atom is 0.305 e. The van der Waals surface area contributed by atoms with Crippen LogP contribution in [-0.4, -0.2) is 59.8 Å². The van der Waals surface area contributed by atoms with Gasteiger partial charge in [-0.25, -0.2) is 9.38 Å². The predicted molar refractivity (Wildman–Crippen MR) is 143 cm³/mol. The number of carboxylic acid groups (broad SMARTS) is 1. The summed E-state index contributed by atoms with van der Waals surface area (Å²) in [5.41, 5.74) is 1.04. The Bertz CT molecular complexity index is 1370. The molecule has 2 aliphatic rings. The molecule has 1 saturated carbocycles. The number of carboxylic acids is 1. The number of carbonyl (C=O) groups is 3. The van der Waals surface area contributed by atoms with Crippen molar-refractivity contribution >= 4 is 45.4 Å². The van der Waals surface area contributed by atoms with Gasteiger partial charge in [0.15, 0.2) is 5.96 Å². The summed E-state index contributed by atoms with van der Waals surface area (Å²) in [5, 5.41) is 39.7. The minimum atomic E-state index is -1.13.